The van der Waals surface area contributed by atoms with E-state index >= 15 is 0 Å². The normalized spacial score (nSPS) is 17.6. The lowest BCUT2D eigenvalue weighted by atomic mass is 9.98. The van der Waals surface area contributed by atoms with Gasteiger partial charge in [0.2, 0.25) is 5.91 Å². The van der Waals surface area contributed by atoms with Crippen LogP contribution in [0.25, 0.3) is 0 Å². The van der Waals surface area contributed by atoms with Gasteiger partial charge in [0.05, 0.1) is 4.90 Å². The number of nitrogens with one attached hydrogen (secondary N) is 1. The van der Waals surface area contributed by atoms with Crippen LogP contribution in [0.2, 0.25) is 0 Å². The summed E-state index contributed by atoms with van der Waals surface area (Å²) in [6.45, 7) is 7.53. The SMILES string of the molecule is Cc1ccc2c(c1)CCCN2[C@H](C)C(=O)N1CCN(c2ccc(S(=O)(=O)/N=C(N)/C=C\C=N)cc2)CC1. The Hall–Kier alpha value is -3.66. The molecular weight excluding hydrogens is 488 g/mol. The number of rotatable bonds is 7. The van der Waals surface area contributed by atoms with E-state index in [4.69, 9.17) is 11.1 Å². The number of carbonyl (C=O) groups is 1. The lowest BCUT2D eigenvalue weighted by molar-refractivity contribution is -0.132. The average molecular weight is 523 g/mol. The zero-order chi connectivity index (χ0) is 26.6. The Morgan fingerprint density at radius 2 is 1.78 bits per heavy atom. The van der Waals surface area contributed by atoms with Gasteiger partial charge in [-0.2, -0.15) is 8.42 Å². The second-order valence-corrected chi connectivity index (χ2v) is 11.0. The van der Waals surface area contributed by atoms with Crippen molar-refractivity contribution < 1.29 is 13.2 Å². The maximum atomic E-state index is 13.4. The Kier molecular flexibility index (Phi) is 7.97. The summed E-state index contributed by atoms with van der Waals surface area (Å²) < 4.78 is 28.5. The number of hydrogen-bond acceptors (Lipinski definition) is 6. The van der Waals surface area contributed by atoms with E-state index in [1.54, 1.807) is 12.1 Å². The van der Waals surface area contributed by atoms with Crippen molar-refractivity contribution in [1.82, 2.24) is 4.90 Å². The van der Waals surface area contributed by atoms with Crippen LogP contribution in [0.3, 0.4) is 0 Å². The second kappa shape index (κ2) is 11.2. The predicted octanol–water partition coefficient (Wildman–Crippen LogP) is 2.74. The first-order valence-corrected chi connectivity index (χ1v) is 13.9. The highest BCUT2D eigenvalue weighted by Gasteiger charge is 2.31. The first-order valence-electron chi connectivity index (χ1n) is 12.5. The number of anilines is 2. The van der Waals surface area contributed by atoms with Gasteiger partial charge in [0.15, 0.2) is 0 Å². The van der Waals surface area contributed by atoms with Gasteiger partial charge in [-0.05, 0) is 74.7 Å². The third-order valence-corrected chi connectivity index (χ3v) is 8.21. The molecule has 0 unspecified atom stereocenters. The molecule has 196 valence electrons. The molecule has 0 aromatic heterocycles. The van der Waals surface area contributed by atoms with Gasteiger partial charge in [-0.15, -0.1) is 4.40 Å². The summed E-state index contributed by atoms with van der Waals surface area (Å²) in [5.41, 5.74) is 10.2. The Bertz CT molecular complexity index is 1310. The number of hydrogen-bond donors (Lipinski definition) is 2. The first-order chi connectivity index (χ1) is 17.7. The number of nitrogens with two attached hydrogens (primary N) is 1. The van der Waals surface area contributed by atoms with E-state index in [1.807, 2.05) is 11.8 Å². The molecule has 0 aliphatic carbocycles. The van der Waals surface area contributed by atoms with E-state index in [1.165, 1.54) is 41.1 Å². The number of allylic oxidation sites excluding steroid dienone is 1. The third kappa shape index (κ3) is 6.02. The molecule has 0 spiro atoms. The number of piperazine rings is 1. The van der Waals surface area contributed by atoms with E-state index in [0.29, 0.717) is 26.2 Å². The van der Waals surface area contributed by atoms with Crippen molar-refractivity contribution in [3.8, 4) is 0 Å². The number of amides is 1. The quantitative estimate of drug-likeness (QED) is 0.426. The maximum Gasteiger partial charge on any atom is 0.284 e. The number of aryl methyl sites for hydroxylation is 2. The molecule has 2 aliphatic heterocycles. The molecule has 9 nitrogen and oxygen atoms in total. The smallest absolute Gasteiger partial charge is 0.284 e. The van der Waals surface area contributed by atoms with Crippen molar-refractivity contribution in [1.29, 1.82) is 5.41 Å². The predicted molar refractivity (Wildman–Crippen MR) is 148 cm³/mol. The highest BCUT2D eigenvalue weighted by Crippen LogP contribution is 2.30. The van der Waals surface area contributed by atoms with Crippen LogP contribution in [-0.4, -0.2) is 70.0 Å². The van der Waals surface area contributed by atoms with Gasteiger partial charge in [0, 0.05) is 50.3 Å². The van der Waals surface area contributed by atoms with Gasteiger partial charge in [-0.3, -0.25) is 4.79 Å². The minimum Gasteiger partial charge on any atom is -0.383 e. The van der Waals surface area contributed by atoms with E-state index in [-0.39, 0.29) is 22.7 Å². The number of sulfonamides is 1. The van der Waals surface area contributed by atoms with Crippen LogP contribution in [0.15, 0.2) is 63.9 Å². The van der Waals surface area contributed by atoms with Gasteiger partial charge >= 0.3 is 0 Å². The Balaban J connectivity index is 1.37. The van der Waals surface area contributed by atoms with Crippen LogP contribution in [0.5, 0.6) is 0 Å². The molecule has 1 atom stereocenters. The van der Waals surface area contributed by atoms with Gasteiger partial charge in [-0.1, -0.05) is 17.7 Å². The van der Waals surface area contributed by atoms with Crippen molar-refractivity contribution in [2.45, 2.75) is 37.6 Å². The molecule has 3 N–H and O–H groups in total. The minimum absolute atomic E-state index is 0.0436. The number of benzene rings is 2. The zero-order valence-electron chi connectivity index (χ0n) is 21.3. The standard InChI is InChI=1S/C27H34N6O3S/c1-20-7-12-25-22(19-20)5-4-14-33(25)21(2)27(34)32-17-15-31(16-18-32)23-8-10-24(11-9-23)37(35,36)30-26(29)6-3-13-28/h3,6-13,19,21,28H,4-5,14-18H2,1-2H3,(H2,29,30)/b6-3-,28-13?/t21-/m1/s1. The van der Waals surface area contributed by atoms with Crippen LogP contribution in [0.4, 0.5) is 11.4 Å². The van der Waals surface area contributed by atoms with Crippen LogP contribution >= 0.6 is 0 Å². The van der Waals surface area contributed by atoms with Gasteiger partial charge < -0.3 is 25.8 Å². The average Bonchev–Trinajstić information content (AvgIpc) is 2.90. The topological polar surface area (TPSA) is 123 Å². The molecule has 0 saturated carbocycles. The van der Waals surface area contributed by atoms with Crippen LogP contribution < -0.4 is 15.5 Å². The molecule has 37 heavy (non-hydrogen) atoms. The number of amidine groups is 1. The van der Waals surface area contributed by atoms with Crippen molar-refractivity contribution in [2.24, 2.45) is 10.1 Å². The Morgan fingerprint density at radius 1 is 1.08 bits per heavy atom. The van der Waals surface area contributed by atoms with Crippen molar-refractivity contribution >= 4 is 39.4 Å². The summed E-state index contributed by atoms with van der Waals surface area (Å²) in [5.74, 6) is -0.0483. The van der Waals surface area contributed by atoms with Crippen LogP contribution in [0, 0.1) is 12.3 Å². The fourth-order valence-corrected chi connectivity index (χ4v) is 5.86. The summed E-state index contributed by atoms with van der Waals surface area (Å²) in [4.78, 5) is 19.7. The summed E-state index contributed by atoms with van der Waals surface area (Å²) in [7, 11) is -3.94. The van der Waals surface area contributed by atoms with E-state index in [2.05, 4.69) is 39.3 Å². The molecule has 10 heteroatoms. The highest BCUT2D eigenvalue weighted by molar-refractivity contribution is 7.90. The van der Waals surface area contributed by atoms with Crippen molar-refractivity contribution in [3.63, 3.8) is 0 Å². The van der Waals surface area contributed by atoms with E-state index in [9.17, 15) is 13.2 Å². The van der Waals surface area contributed by atoms with E-state index in [0.717, 1.165) is 31.3 Å². The highest BCUT2D eigenvalue weighted by atomic mass is 32.2. The lowest BCUT2D eigenvalue weighted by Crippen LogP contribution is -2.55. The molecule has 1 fully saturated rings. The molecule has 1 amide bonds. The Morgan fingerprint density at radius 3 is 2.46 bits per heavy atom. The Labute approximate surface area is 218 Å². The zero-order valence-corrected chi connectivity index (χ0v) is 22.1. The van der Waals surface area contributed by atoms with Crippen molar-refractivity contribution in [2.75, 3.05) is 42.5 Å². The van der Waals surface area contributed by atoms with Crippen LogP contribution in [-0.2, 0) is 21.2 Å². The molecule has 2 aliphatic rings. The molecule has 4 rings (SSSR count). The fourth-order valence-electron chi connectivity index (χ4n) is 4.94. The molecule has 1 saturated heterocycles. The summed E-state index contributed by atoms with van der Waals surface area (Å²) >= 11 is 0. The molecule has 2 aromatic rings. The van der Waals surface area contributed by atoms with Crippen molar-refractivity contribution in [3.05, 3.63) is 65.7 Å². The lowest BCUT2D eigenvalue weighted by Gasteiger charge is -2.41. The minimum atomic E-state index is -3.94. The fraction of sp³-hybridized carbons (Fsp3) is 0.370. The van der Waals surface area contributed by atoms with Gasteiger partial charge in [0.1, 0.15) is 11.9 Å². The maximum absolute atomic E-state index is 13.4. The number of fused-ring (bicyclic) bond motifs is 1. The first kappa shape index (κ1) is 26.4. The largest absolute Gasteiger partial charge is 0.383 e. The molecular formula is C27H34N6O3S. The summed E-state index contributed by atoms with van der Waals surface area (Å²) in [5, 5.41) is 6.95. The van der Waals surface area contributed by atoms with Gasteiger partial charge in [-0.25, -0.2) is 0 Å². The number of carbonyl (C=O) groups excluding carboxylic acids is 1. The molecule has 0 radical (unpaired) electrons. The van der Waals surface area contributed by atoms with E-state index < -0.39 is 10.0 Å². The molecule has 2 aromatic carbocycles. The third-order valence-electron chi connectivity index (χ3n) is 6.89. The van der Waals surface area contributed by atoms with Gasteiger partial charge in [0.25, 0.3) is 10.0 Å². The summed E-state index contributed by atoms with van der Waals surface area (Å²) in [6.07, 6.45) is 5.65. The molecule has 0 bridgehead atoms. The summed E-state index contributed by atoms with van der Waals surface area (Å²) in [6, 6.07) is 12.8. The monoisotopic (exact) mass is 522 g/mol. The van der Waals surface area contributed by atoms with Crippen LogP contribution in [0.1, 0.15) is 24.5 Å². The second-order valence-electron chi connectivity index (χ2n) is 9.43. The molecule has 2 heterocycles. The number of nitrogens with zero attached hydrogens (tertiary/aromatic N) is 4.